The van der Waals surface area contributed by atoms with Gasteiger partial charge in [0.1, 0.15) is 0 Å². The number of benzene rings is 1. The van der Waals surface area contributed by atoms with E-state index in [9.17, 15) is 14.4 Å². The number of fused-ring (bicyclic) bond motifs is 1. The van der Waals surface area contributed by atoms with Gasteiger partial charge >= 0.3 is 0 Å². The zero-order valence-electron chi connectivity index (χ0n) is 15.9. The second-order valence-electron chi connectivity index (χ2n) is 8.19. The van der Waals surface area contributed by atoms with Gasteiger partial charge in [0.15, 0.2) is 0 Å². The maximum Gasteiger partial charge on any atom is 0.253 e. The number of piperidine rings is 1. The third kappa shape index (κ3) is 3.09. The van der Waals surface area contributed by atoms with Crippen LogP contribution < -0.4 is 4.90 Å². The Labute approximate surface area is 160 Å². The molecule has 5 nitrogen and oxygen atoms in total. The highest BCUT2D eigenvalue weighted by Crippen LogP contribution is 2.40. The molecule has 142 valence electrons. The van der Waals surface area contributed by atoms with Crippen LogP contribution >= 0.6 is 0 Å². The van der Waals surface area contributed by atoms with Gasteiger partial charge in [-0.2, -0.15) is 0 Å². The van der Waals surface area contributed by atoms with E-state index < -0.39 is 0 Å². The fourth-order valence-electron chi connectivity index (χ4n) is 4.57. The molecule has 2 heterocycles. The Morgan fingerprint density at radius 2 is 1.81 bits per heavy atom. The van der Waals surface area contributed by atoms with Crippen molar-refractivity contribution in [2.75, 3.05) is 18.0 Å². The normalized spacial score (nSPS) is 28.6. The first-order chi connectivity index (χ1) is 13.0. The van der Waals surface area contributed by atoms with Gasteiger partial charge in [0.25, 0.3) is 5.91 Å². The number of allylic oxidation sites excluding steroid dienone is 2. The fraction of sp³-hybridized carbons (Fsp3) is 0.500. The second kappa shape index (κ2) is 6.95. The Kier molecular flexibility index (Phi) is 4.62. The van der Waals surface area contributed by atoms with Crippen LogP contribution in [0.5, 0.6) is 0 Å². The van der Waals surface area contributed by atoms with Gasteiger partial charge in [-0.25, -0.2) is 0 Å². The summed E-state index contributed by atoms with van der Waals surface area (Å²) in [5, 5.41) is 0. The molecule has 0 bridgehead atoms. The first-order valence-electron chi connectivity index (χ1n) is 9.91. The van der Waals surface area contributed by atoms with E-state index in [-0.39, 0.29) is 35.5 Å². The molecule has 3 aliphatic rings. The standard InChI is InChI=1S/C22H26N2O3/c1-14-9-11-23(12-10-14)20(25)16-6-4-7-17(13-16)24-21(26)18-8-3-5-15(2)19(18)22(24)27/h3-7,13-15,18-19H,8-12H2,1-2H3/t15-,18-,19-/m1/s1. The van der Waals surface area contributed by atoms with Gasteiger partial charge in [0, 0.05) is 18.7 Å². The van der Waals surface area contributed by atoms with E-state index in [0.29, 0.717) is 23.6 Å². The molecule has 2 fully saturated rings. The van der Waals surface area contributed by atoms with E-state index in [1.54, 1.807) is 24.3 Å². The molecule has 5 heteroatoms. The van der Waals surface area contributed by atoms with Crippen LogP contribution in [0, 0.1) is 23.7 Å². The fourth-order valence-corrected chi connectivity index (χ4v) is 4.57. The van der Waals surface area contributed by atoms with Gasteiger partial charge in [0.05, 0.1) is 17.5 Å². The van der Waals surface area contributed by atoms with E-state index in [2.05, 4.69) is 6.92 Å². The van der Waals surface area contributed by atoms with Crippen molar-refractivity contribution in [1.29, 1.82) is 0 Å². The highest BCUT2D eigenvalue weighted by Gasteiger charge is 2.50. The highest BCUT2D eigenvalue weighted by molar-refractivity contribution is 6.22. The van der Waals surface area contributed by atoms with Crippen LogP contribution in [0.15, 0.2) is 36.4 Å². The summed E-state index contributed by atoms with van der Waals surface area (Å²) < 4.78 is 0. The summed E-state index contributed by atoms with van der Waals surface area (Å²) in [5.74, 6) is -0.151. The Balaban J connectivity index is 1.58. The van der Waals surface area contributed by atoms with Crippen LogP contribution in [0.25, 0.3) is 0 Å². The first-order valence-corrected chi connectivity index (χ1v) is 9.91. The monoisotopic (exact) mass is 366 g/mol. The van der Waals surface area contributed by atoms with Crippen LogP contribution in [0.4, 0.5) is 5.69 Å². The predicted octanol–water partition coefficient (Wildman–Crippen LogP) is 3.26. The molecule has 3 amide bonds. The van der Waals surface area contributed by atoms with E-state index in [1.165, 1.54) is 4.90 Å². The van der Waals surface area contributed by atoms with Gasteiger partial charge < -0.3 is 4.90 Å². The minimum absolute atomic E-state index is 0.0182. The molecule has 1 aliphatic carbocycles. The van der Waals surface area contributed by atoms with Gasteiger partial charge in [-0.15, -0.1) is 0 Å². The molecule has 0 spiro atoms. The van der Waals surface area contributed by atoms with Crippen LogP contribution in [-0.2, 0) is 9.59 Å². The second-order valence-corrected chi connectivity index (χ2v) is 8.19. The summed E-state index contributed by atoms with van der Waals surface area (Å²) in [4.78, 5) is 41.9. The number of carbonyl (C=O) groups is 3. The van der Waals surface area contributed by atoms with Crippen molar-refractivity contribution in [2.24, 2.45) is 23.7 Å². The van der Waals surface area contributed by atoms with Crippen molar-refractivity contribution < 1.29 is 14.4 Å². The molecule has 0 radical (unpaired) electrons. The molecular weight excluding hydrogens is 340 g/mol. The third-order valence-electron chi connectivity index (χ3n) is 6.29. The molecule has 1 aromatic carbocycles. The lowest BCUT2D eigenvalue weighted by Crippen LogP contribution is -2.38. The summed E-state index contributed by atoms with van der Waals surface area (Å²) >= 11 is 0. The van der Waals surface area contributed by atoms with E-state index in [1.807, 2.05) is 24.0 Å². The number of amides is 3. The van der Waals surface area contributed by atoms with Crippen LogP contribution in [0.1, 0.15) is 43.5 Å². The highest BCUT2D eigenvalue weighted by atomic mass is 16.2. The SMILES string of the molecule is CC1CCN(C(=O)c2cccc(N3C(=O)[C@@H]4[C@H](C)C=CC[C@H]4C3=O)c2)CC1. The number of hydrogen-bond donors (Lipinski definition) is 0. The number of rotatable bonds is 2. The molecule has 27 heavy (non-hydrogen) atoms. The molecule has 2 saturated heterocycles. The third-order valence-corrected chi connectivity index (χ3v) is 6.29. The maximum atomic E-state index is 13.0. The average Bonchev–Trinajstić information content (AvgIpc) is 2.93. The molecule has 4 rings (SSSR count). The predicted molar refractivity (Wildman–Crippen MR) is 103 cm³/mol. The van der Waals surface area contributed by atoms with Gasteiger partial charge in [-0.3, -0.25) is 19.3 Å². The number of carbonyl (C=O) groups excluding carboxylic acids is 3. The first kappa shape index (κ1) is 18.0. The smallest absolute Gasteiger partial charge is 0.253 e. The van der Waals surface area contributed by atoms with Crippen LogP contribution in [0.2, 0.25) is 0 Å². The van der Waals surface area contributed by atoms with Gasteiger partial charge in [-0.1, -0.05) is 32.1 Å². The maximum absolute atomic E-state index is 13.0. The minimum Gasteiger partial charge on any atom is -0.339 e. The van der Waals surface area contributed by atoms with Crippen molar-refractivity contribution >= 4 is 23.4 Å². The number of nitrogens with zero attached hydrogens (tertiary/aromatic N) is 2. The van der Waals surface area contributed by atoms with Crippen molar-refractivity contribution in [3.8, 4) is 0 Å². The van der Waals surface area contributed by atoms with E-state index >= 15 is 0 Å². The number of hydrogen-bond acceptors (Lipinski definition) is 3. The molecule has 1 aromatic rings. The molecule has 0 N–H and O–H groups in total. The van der Waals surface area contributed by atoms with Crippen molar-refractivity contribution in [1.82, 2.24) is 4.90 Å². The van der Waals surface area contributed by atoms with Gasteiger partial charge in [0.2, 0.25) is 11.8 Å². The quantitative estimate of drug-likeness (QED) is 0.596. The molecule has 0 aromatic heterocycles. The Morgan fingerprint density at radius 3 is 2.52 bits per heavy atom. The Morgan fingerprint density at radius 1 is 1.07 bits per heavy atom. The average molecular weight is 366 g/mol. The summed E-state index contributed by atoms with van der Waals surface area (Å²) in [6.07, 6.45) is 6.66. The zero-order chi connectivity index (χ0) is 19.1. The summed E-state index contributed by atoms with van der Waals surface area (Å²) in [7, 11) is 0. The summed E-state index contributed by atoms with van der Waals surface area (Å²) in [5.41, 5.74) is 1.06. The van der Waals surface area contributed by atoms with Crippen LogP contribution in [0.3, 0.4) is 0 Å². The molecule has 2 aliphatic heterocycles. The Hall–Kier alpha value is -2.43. The van der Waals surface area contributed by atoms with E-state index in [4.69, 9.17) is 0 Å². The summed E-state index contributed by atoms with van der Waals surface area (Å²) in [6.45, 7) is 5.72. The number of anilines is 1. The molecular formula is C22H26N2O3. The topological polar surface area (TPSA) is 57.7 Å². The lowest BCUT2D eigenvalue weighted by Gasteiger charge is -2.30. The molecule has 0 saturated carbocycles. The van der Waals surface area contributed by atoms with Crippen molar-refractivity contribution in [3.63, 3.8) is 0 Å². The lowest BCUT2D eigenvalue weighted by atomic mass is 9.78. The van der Waals surface area contributed by atoms with Crippen LogP contribution in [-0.4, -0.2) is 35.7 Å². The molecule has 3 atom stereocenters. The lowest BCUT2D eigenvalue weighted by molar-refractivity contribution is -0.122. The zero-order valence-corrected chi connectivity index (χ0v) is 15.9. The van der Waals surface area contributed by atoms with E-state index in [0.717, 1.165) is 25.9 Å². The number of likely N-dealkylation sites (tertiary alicyclic amines) is 1. The van der Waals surface area contributed by atoms with Crippen molar-refractivity contribution in [3.05, 3.63) is 42.0 Å². The largest absolute Gasteiger partial charge is 0.339 e. The Bertz CT molecular complexity index is 808. The van der Waals surface area contributed by atoms with Gasteiger partial charge in [-0.05, 0) is 49.3 Å². The molecule has 0 unspecified atom stereocenters. The van der Waals surface area contributed by atoms with Crippen molar-refractivity contribution in [2.45, 2.75) is 33.1 Å². The number of imide groups is 1. The summed E-state index contributed by atoms with van der Waals surface area (Å²) in [6, 6.07) is 6.98. The minimum atomic E-state index is -0.287.